The fourth-order valence-corrected chi connectivity index (χ4v) is 4.94. The van der Waals surface area contributed by atoms with Crippen molar-refractivity contribution in [1.82, 2.24) is 9.88 Å². The van der Waals surface area contributed by atoms with Crippen LogP contribution >= 0.6 is 23.1 Å². The van der Waals surface area contributed by atoms with Crippen LogP contribution in [0.4, 0.5) is 4.39 Å². The highest BCUT2D eigenvalue weighted by Gasteiger charge is 2.29. The highest BCUT2D eigenvalue weighted by molar-refractivity contribution is 8.02. The standard InChI is InChI=1S/C18H21FN2O2S2/c1-11-8-21(9-12(2)23-11)17(22)13(3)25-18-20-16(10-24-18)14-4-6-15(19)7-5-14/h4-7,10-13H,8-9H2,1-3H3. The lowest BCUT2D eigenvalue weighted by Gasteiger charge is -2.36. The molecule has 1 fully saturated rings. The number of rotatable bonds is 4. The number of morpholine rings is 1. The molecule has 1 amide bonds. The average molecular weight is 381 g/mol. The van der Waals surface area contributed by atoms with Crippen molar-refractivity contribution in [1.29, 1.82) is 0 Å². The molecule has 2 heterocycles. The van der Waals surface area contributed by atoms with Crippen LogP contribution in [0.25, 0.3) is 11.3 Å². The zero-order valence-corrected chi connectivity index (χ0v) is 16.1. The summed E-state index contributed by atoms with van der Waals surface area (Å²) in [6.45, 7) is 7.16. The van der Waals surface area contributed by atoms with Gasteiger partial charge in [-0.2, -0.15) is 0 Å². The molecule has 0 radical (unpaired) electrons. The number of carbonyl (C=O) groups is 1. The van der Waals surface area contributed by atoms with Crippen molar-refractivity contribution in [2.24, 2.45) is 0 Å². The molecule has 1 aliphatic rings. The number of hydrogen-bond donors (Lipinski definition) is 0. The number of hydrogen-bond acceptors (Lipinski definition) is 5. The third-order valence-electron chi connectivity index (χ3n) is 3.98. The van der Waals surface area contributed by atoms with Gasteiger partial charge in [0.1, 0.15) is 5.82 Å². The minimum atomic E-state index is -0.262. The quantitative estimate of drug-likeness (QED) is 0.750. The third kappa shape index (κ3) is 4.59. The highest BCUT2D eigenvalue weighted by atomic mass is 32.2. The Kier molecular flexibility index (Phi) is 5.76. The van der Waals surface area contributed by atoms with Crippen LogP contribution in [-0.4, -0.2) is 46.3 Å². The summed E-state index contributed by atoms with van der Waals surface area (Å²) in [6, 6.07) is 6.27. The SMILES string of the molecule is CC1CN(C(=O)C(C)Sc2nc(-c3ccc(F)cc3)cs2)CC(C)O1. The Labute approximate surface area is 155 Å². The molecule has 3 rings (SSSR count). The molecule has 2 aromatic rings. The van der Waals surface area contributed by atoms with Gasteiger partial charge in [-0.3, -0.25) is 4.79 Å². The smallest absolute Gasteiger partial charge is 0.236 e. The van der Waals surface area contributed by atoms with Crippen molar-refractivity contribution < 1.29 is 13.9 Å². The van der Waals surface area contributed by atoms with Crippen molar-refractivity contribution in [3.05, 3.63) is 35.5 Å². The predicted octanol–water partition coefficient (Wildman–Crippen LogP) is 4.07. The van der Waals surface area contributed by atoms with Crippen molar-refractivity contribution in [2.45, 2.75) is 42.6 Å². The molecule has 134 valence electrons. The van der Waals surface area contributed by atoms with Crippen molar-refractivity contribution >= 4 is 29.0 Å². The number of thiazole rings is 1. The number of aromatic nitrogens is 1. The van der Waals surface area contributed by atoms with Crippen molar-refractivity contribution in [3.8, 4) is 11.3 Å². The van der Waals surface area contributed by atoms with E-state index in [1.165, 1.54) is 35.2 Å². The third-order valence-corrected chi connectivity index (χ3v) is 6.04. The van der Waals surface area contributed by atoms with Crippen LogP contribution in [0.2, 0.25) is 0 Å². The second-order valence-corrected chi connectivity index (χ2v) is 8.71. The molecule has 0 N–H and O–H groups in total. The molecule has 25 heavy (non-hydrogen) atoms. The lowest BCUT2D eigenvalue weighted by Crippen LogP contribution is -2.50. The van der Waals surface area contributed by atoms with Crippen LogP contribution in [-0.2, 0) is 9.53 Å². The lowest BCUT2D eigenvalue weighted by atomic mass is 10.2. The maximum atomic E-state index is 13.0. The minimum absolute atomic E-state index is 0.0647. The maximum Gasteiger partial charge on any atom is 0.236 e. The first-order chi connectivity index (χ1) is 11.9. The minimum Gasteiger partial charge on any atom is -0.372 e. The van der Waals surface area contributed by atoms with E-state index in [4.69, 9.17) is 4.74 Å². The summed E-state index contributed by atoms with van der Waals surface area (Å²) in [5.41, 5.74) is 1.68. The molecule has 0 bridgehead atoms. The van der Waals surface area contributed by atoms with Gasteiger partial charge in [0.25, 0.3) is 0 Å². The first-order valence-electron chi connectivity index (χ1n) is 8.24. The molecule has 1 aromatic heterocycles. The number of carbonyl (C=O) groups excluding carboxylic acids is 1. The van der Waals surface area contributed by atoms with E-state index >= 15 is 0 Å². The van der Waals surface area contributed by atoms with Gasteiger partial charge < -0.3 is 9.64 Å². The number of ether oxygens (including phenoxy) is 1. The van der Waals surface area contributed by atoms with E-state index in [1.807, 2.05) is 31.1 Å². The first kappa shape index (κ1) is 18.4. The molecule has 1 aromatic carbocycles. The fourth-order valence-electron chi connectivity index (χ4n) is 2.88. The van der Waals surface area contributed by atoms with Crippen LogP contribution < -0.4 is 0 Å². The topological polar surface area (TPSA) is 42.4 Å². The molecule has 1 saturated heterocycles. The monoisotopic (exact) mass is 380 g/mol. The molecule has 0 spiro atoms. The van der Waals surface area contributed by atoms with Crippen molar-refractivity contribution in [3.63, 3.8) is 0 Å². The molecular weight excluding hydrogens is 359 g/mol. The Morgan fingerprint density at radius 3 is 2.60 bits per heavy atom. The van der Waals surface area contributed by atoms with Gasteiger partial charge in [0, 0.05) is 24.0 Å². The van der Waals surface area contributed by atoms with E-state index < -0.39 is 0 Å². The summed E-state index contributed by atoms with van der Waals surface area (Å²) in [5.74, 6) is -0.146. The first-order valence-corrected chi connectivity index (χ1v) is 10.0. The van der Waals surface area contributed by atoms with Gasteiger partial charge in [-0.05, 0) is 45.0 Å². The zero-order valence-electron chi connectivity index (χ0n) is 14.4. The Morgan fingerprint density at radius 2 is 1.96 bits per heavy atom. The summed E-state index contributed by atoms with van der Waals surface area (Å²) in [5, 5.41) is 1.73. The molecule has 3 atom stereocenters. The number of benzene rings is 1. The van der Waals surface area contributed by atoms with Gasteiger partial charge in [-0.1, -0.05) is 11.8 Å². The lowest BCUT2D eigenvalue weighted by molar-refractivity contribution is -0.142. The molecule has 1 aliphatic heterocycles. The van der Waals surface area contributed by atoms with E-state index in [0.717, 1.165) is 15.6 Å². The van der Waals surface area contributed by atoms with Gasteiger partial charge in [0.15, 0.2) is 4.34 Å². The van der Waals surface area contributed by atoms with Crippen LogP contribution in [0.1, 0.15) is 20.8 Å². The molecule has 4 nitrogen and oxygen atoms in total. The van der Waals surface area contributed by atoms with Gasteiger partial charge in [0.05, 0.1) is 23.2 Å². The second kappa shape index (κ2) is 7.85. The Balaban J connectivity index is 1.64. The van der Waals surface area contributed by atoms with Gasteiger partial charge in [0.2, 0.25) is 5.91 Å². The molecule has 0 saturated carbocycles. The number of thioether (sulfide) groups is 1. The fraction of sp³-hybridized carbons (Fsp3) is 0.444. The average Bonchev–Trinajstić information content (AvgIpc) is 3.02. The maximum absolute atomic E-state index is 13.0. The van der Waals surface area contributed by atoms with E-state index in [1.54, 1.807) is 12.1 Å². The Bertz CT molecular complexity index is 725. The predicted molar refractivity (Wildman–Crippen MR) is 99.4 cm³/mol. The largest absolute Gasteiger partial charge is 0.372 e. The van der Waals surface area contributed by atoms with Crippen LogP contribution in [0.5, 0.6) is 0 Å². The summed E-state index contributed by atoms with van der Waals surface area (Å²) >= 11 is 2.97. The molecular formula is C18H21FN2O2S2. The highest BCUT2D eigenvalue weighted by Crippen LogP contribution is 2.31. The summed E-state index contributed by atoms with van der Waals surface area (Å²) < 4.78 is 19.6. The van der Waals surface area contributed by atoms with Crippen LogP contribution in [0.15, 0.2) is 34.0 Å². The van der Waals surface area contributed by atoms with Crippen LogP contribution in [0.3, 0.4) is 0 Å². The van der Waals surface area contributed by atoms with E-state index in [9.17, 15) is 9.18 Å². The molecule has 3 unspecified atom stereocenters. The normalized spacial score (nSPS) is 22.0. The van der Waals surface area contributed by atoms with E-state index in [0.29, 0.717) is 13.1 Å². The van der Waals surface area contributed by atoms with E-state index in [-0.39, 0.29) is 29.2 Å². The Morgan fingerprint density at radius 1 is 1.32 bits per heavy atom. The van der Waals surface area contributed by atoms with Gasteiger partial charge in [-0.15, -0.1) is 11.3 Å². The molecule has 7 heteroatoms. The van der Waals surface area contributed by atoms with E-state index in [2.05, 4.69) is 4.98 Å². The second-order valence-electron chi connectivity index (χ2n) is 6.27. The van der Waals surface area contributed by atoms with Crippen LogP contribution in [0, 0.1) is 5.82 Å². The summed E-state index contributed by atoms with van der Waals surface area (Å²) in [7, 11) is 0. The number of amides is 1. The zero-order chi connectivity index (χ0) is 18.0. The summed E-state index contributed by atoms with van der Waals surface area (Å²) in [4.78, 5) is 19.1. The van der Waals surface area contributed by atoms with Crippen molar-refractivity contribution in [2.75, 3.05) is 13.1 Å². The number of halogens is 1. The Hall–Kier alpha value is -1.44. The van der Waals surface area contributed by atoms with Gasteiger partial charge >= 0.3 is 0 Å². The molecule has 0 aliphatic carbocycles. The number of nitrogens with zero attached hydrogens (tertiary/aromatic N) is 2. The van der Waals surface area contributed by atoms with Gasteiger partial charge in [-0.25, -0.2) is 9.37 Å². The summed E-state index contributed by atoms with van der Waals surface area (Å²) in [6.07, 6.45) is 0.129.